The molecule has 2 N–H and O–H groups in total. The Hall–Kier alpha value is -3.56. The standard InChI is InChI=1S/C24H24F3N5O2/c1-12(14-4-3-5-15(20(14)25)23(26)27)29-24-17-10-18(32-8-7-28-19(33)11-32)22-16(6-9-34-22)21(17)30-13(2)31-24/h3-5,10,12,23H,6-9,11H2,1-2H3,(H,28,33)(H,29,30,31)/t12-/m1/s1. The number of hydrogen-bond acceptors (Lipinski definition) is 6. The number of amides is 1. The lowest BCUT2D eigenvalue weighted by Gasteiger charge is -2.30. The normalized spacial score (nSPS) is 16.4. The molecular formula is C24H24F3N5O2. The first-order valence-corrected chi connectivity index (χ1v) is 11.1. The lowest BCUT2D eigenvalue weighted by molar-refractivity contribution is -0.120. The third-order valence-electron chi connectivity index (χ3n) is 6.22. The minimum atomic E-state index is -2.90. The van der Waals surface area contributed by atoms with Crippen molar-refractivity contribution in [1.29, 1.82) is 0 Å². The lowest BCUT2D eigenvalue weighted by Crippen LogP contribution is -2.47. The van der Waals surface area contributed by atoms with E-state index in [-0.39, 0.29) is 18.0 Å². The fourth-order valence-electron chi connectivity index (χ4n) is 4.60. The van der Waals surface area contributed by atoms with E-state index < -0.39 is 23.8 Å². The number of rotatable bonds is 5. The van der Waals surface area contributed by atoms with E-state index in [1.54, 1.807) is 13.8 Å². The highest BCUT2D eigenvalue weighted by Crippen LogP contribution is 2.43. The molecule has 34 heavy (non-hydrogen) atoms. The summed E-state index contributed by atoms with van der Waals surface area (Å²) in [6, 6.07) is 5.25. The molecule has 1 fully saturated rings. The second-order valence-corrected chi connectivity index (χ2v) is 8.51. The number of alkyl halides is 2. The Morgan fingerprint density at radius 2 is 2.03 bits per heavy atom. The van der Waals surface area contributed by atoms with Gasteiger partial charge in [-0.2, -0.15) is 0 Å². The van der Waals surface area contributed by atoms with Gasteiger partial charge >= 0.3 is 0 Å². The van der Waals surface area contributed by atoms with Gasteiger partial charge in [-0.1, -0.05) is 18.2 Å². The van der Waals surface area contributed by atoms with E-state index in [4.69, 9.17) is 4.74 Å². The number of carbonyl (C=O) groups is 1. The average Bonchev–Trinajstić information content (AvgIpc) is 3.29. The van der Waals surface area contributed by atoms with E-state index in [0.29, 0.717) is 43.1 Å². The molecular weight excluding hydrogens is 447 g/mol. The third kappa shape index (κ3) is 3.86. The van der Waals surface area contributed by atoms with Crippen LogP contribution in [0.1, 0.15) is 41.9 Å². The van der Waals surface area contributed by atoms with Crippen LogP contribution in [0.5, 0.6) is 5.75 Å². The zero-order valence-electron chi connectivity index (χ0n) is 18.8. The van der Waals surface area contributed by atoms with Crippen molar-refractivity contribution >= 4 is 28.3 Å². The Kier molecular flexibility index (Phi) is 5.66. The topological polar surface area (TPSA) is 79.4 Å². The van der Waals surface area contributed by atoms with Gasteiger partial charge in [0.25, 0.3) is 6.43 Å². The molecule has 1 aromatic heterocycles. The van der Waals surface area contributed by atoms with Gasteiger partial charge in [0.1, 0.15) is 23.2 Å². The average molecular weight is 471 g/mol. The van der Waals surface area contributed by atoms with Crippen LogP contribution in [0.25, 0.3) is 10.9 Å². The zero-order chi connectivity index (χ0) is 24.0. The molecule has 0 spiro atoms. The van der Waals surface area contributed by atoms with Crippen molar-refractivity contribution in [2.24, 2.45) is 0 Å². The summed E-state index contributed by atoms with van der Waals surface area (Å²) in [4.78, 5) is 23.2. The van der Waals surface area contributed by atoms with Gasteiger partial charge in [0.2, 0.25) is 5.91 Å². The smallest absolute Gasteiger partial charge is 0.266 e. The number of aryl methyl sites for hydroxylation is 1. The van der Waals surface area contributed by atoms with Gasteiger partial charge in [0, 0.05) is 36.0 Å². The van der Waals surface area contributed by atoms with Crippen molar-refractivity contribution in [2.75, 3.05) is 36.5 Å². The molecule has 0 saturated carbocycles. The van der Waals surface area contributed by atoms with Crippen molar-refractivity contribution in [3.8, 4) is 5.75 Å². The number of ether oxygens (including phenoxy) is 1. The Morgan fingerprint density at radius 1 is 1.24 bits per heavy atom. The number of carbonyl (C=O) groups excluding carboxylic acids is 1. The van der Waals surface area contributed by atoms with Crippen LogP contribution in [-0.2, 0) is 11.2 Å². The predicted molar refractivity (Wildman–Crippen MR) is 122 cm³/mol. The van der Waals surface area contributed by atoms with E-state index in [9.17, 15) is 18.0 Å². The molecule has 3 heterocycles. The predicted octanol–water partition coefficient (Wildman–Crippen LogP) is 4.06. The summed E-state index contributed by atoms with van der Waals surface area (Å²) in [5.41, 5.74) is 1.94. The molecule has 1 saturated heterocycles. The summed E-state index contributed by atoms with van der Waals surface area (Å²) >= 11 is 0. The van der Waals surface area contributed by atoms with Crippen LogP contribution in [0, 0.1) is 12.7 Å². The highest BCUT2D eigenvalue weighted by atomic mass is 19.3. The Morgan fingerprint density at radius 3 is 2.79 bits per heavy atom. The van der Waals surface area contributed by atoms with E-state index in [1.165, 1.54) is 12.1 Å². The Balaban J connectivity index is 1.60. The minimum Gasteiger partial charge on any atom is -0.491 e. The molecule has 2 aliphatic heterocycles. The first kappa shape index (κ1) is 22.2. The van der Waals surface area contributed by atoms with Crippen molar-refractivity contribution in [1.82, 2.24) is 15.3 Å². The van der Waals surface area contributed by atoms with Crippen LogP contribution in [0.3, 0.4) is 0 Å². The van der Waals surface area contributed by atoms with Gasteiger partial charge in [0.15, 0.2) is 0 Å². The quantitative estimate of drug-likeness (QED) is 0.584. The molecule has 0 bridgehead atoms. The van der Waals surface area contributed by atoms with Crippen molar-refractivity contribution in [3.05, 3.63) is 52.6 Å². The fourth-order valence-corrected chi connectivity index (χ4v) is 4.60. The van der Waals surface area contributed by atoms with Gasteiger partial charge in [0.05, 0.1) is 36.0 Å². The van der Waals surface area contributed by atoms with E-state index in [0.717, 1.165) is 28.6 Å². The number of benzene rings is 2. The number of fused-ring (bicyclic) bond motifs is 3. The maximum absolute atomic E-state index is 14.8. The van der Waals surface area contributed by atoms with Crippen LogP contribution in [0.2, 0.25) is 0 Å². The number of aromatic nitrogens is 2. The second-order valence-electron chi connectivity index (χ2n) is 8.51. The maximum Gasteiger partial charge on any atom is 0.266 e. The van der Waals surface area contributed by atoms with Gasteiger partial charge < -0.3 is 20.3 Å². The third-order valence-corrected chi connectivity index (χ3v) is 6.22. The molecule has 0 radical (unpaired) electrons. The molecule has 3 aromatic rings. The van der Waals surface area contributed by atoms with E-state index in [2.05, 4.69) is 20.6 Å². The molecule has 2 aromatic carbocycles. The van der Waals surface area contributed by atoms with Crippen LogP contribution >= 0.6 is 0 Å². The molecule has 2 aliphatic rings. The van der Waals surface area contributed by atoms with Crippen LogP contribution in [-0.4, -0.2) is 42.1 Å². The lowest BCUT2D eigenvalue weighted by atomic mass is 10.0. The molecule has 1 amide bonds. The van der Waals surface area contributed by atoms with Crippen LogP contribution in [0.4, 0.5) is 24.7 Å². The summed E-state index contributed by atoms with van der Waals surface area (Å²) in [5, 5.41) is 6.73. The molecule has 1 atom stereocenters. The fraction of sp³-hybridized carbons (Fsp3) is 0.375. The Bertz CT molecular complexity index is 1280. The molecule has 7 nitrogen and oxygen atoms in total. The number of anilines is 2. The summed E-state index contributed by atoms with van der Waals surface area (Å²) < 4.78 is 47.1. The number of halogens is 3. The van der Waals surface area contributed by atoms with E-state index >= 15 is 0 Å². The summed E-state index contributed by atoms with van der Waals surface area (Å²) in [5.74, 6) is 0.703. The van der Waals surface area contributed by atoms with Gasteiger partial charge in [-0.05, 0) is 19.9 Å². The number of hydrogen-bond donors (Lipinski definition) is 2. The molecule has 0 aliphatic carbocycles. The molecule has 10 heteroatoms. The number of piperazine rings is 1. The maximum atomic E-state index is 14.8. The van der Waals surface area contributed by atoms with Crippen molar-refractivity contribution in [3.63, 3.8) is 0 Å². The number of nitrogens with zero attached hydrogens (tertiary/aromatic N) is 3. The van der Waals surface area contributed by atoms with E-state index in [1.807, 2.05) is 11.0 Å². The first-order valence-electron chi connectivity index (χ1n) is 11.1. The summed E-state index contributed by atoms with van der Waals surface area (Å²) in [6.07, 6.45) is -2.24. The second kappa shape index (κ2) is 8.66. The van der Waals surface area contributed by atoms with Gasteiger partial charge in [-0.25, -0.2) is 23.1 Å². The zero-order valence-corrected chi connectivity index (χ0v) is 18.8. The summed E-state index contributed by atoms with van der Waals surface area (Å²) in [6.45, 7) is 5.33. The summed E-state index contributed by atoms with van der Waals surface area (Å²) in [7, 11) is 0. The van der Waals surface area contributed by atoms with Crippen LogP contribution < -0.4 is 20.3 Å². The molecule has 178 valence electrons. The van der Waals surface area contributed by atoms with Crippen molar-refractivity contribution < 1.29 is 22.7 Å². The Labute approximate surface area is 194 Å². The van der Waals surface area contributed by atoms with Crippen LogP contribution in [0.15, 0.2) is 24.3 Å². The minimum absolute atomic E-state index is 0.0698. The van der Waals surface area contributed by atoms with Gasteiger partial charge in [-0.15, -0.1) is 0 Å². The first-order chi connectivity index (χ1) is 16.3. The number of nitrogens with one attached hydrogen (secondary N) is 2. The monoisotopic (exact) mass is 471 g/mol. The SMILES string of the molecule is Cc1nc(N[C@H](C)c2cccc(C(F)F)c2F)c2cc(N3CCNC(=O)C3)c3c(c2n1)CCO3. The van der Waals surface area contributed by atoms with Crippen molar-refractivity contribution in [2.45, 2.75) is 32.7 Å². The largest absolute Gasteiger partial charge is 0.491 e. The highest BCUT2D eigenvalue weighted by Gasteiger charge is 2.28. The molecule has 0 unspecified atom stereocenters. The molecule has 5 rings (SSSR count). The van der Waals surface area contributed by atoms with Gasteiger partial charge in [-0.3, -0.25) is 4.79 Å². The highest BCUT2D eigenvalue weighted by molar-refractivity contribution is 5.98.